The molecule has 0 aromatic carbocycles. The minimum Gasteiger partial charge on any atom is -0.462 e. The van der Waals surface area contributed by atoms with Gasteiger partial charge in [-0.2, -0.15) is 0 Å². The maximum absolute atomic E-state index is 12.9. The van der Waals surface area contributed by atoms with Gasteiger partial charge in [0.15, 0.2) is 6.10 Å². The molecule has 0 spiro atoms. The molecule has 66 heavy (non-hydrogen) atoms. The largest absolute Gasteiger partial charge is 0.462 e. The van der Waals surface area contributed by atoms with Crippen LogP contribution in [0.2, 0.25) is 0 Å². The molecule has 1 atom stereocenters. The third-order valence-electron chi connectivity index (χ3n) is 13.7. The van der Waals surface area contributed by atoms with Crippen molar-refractivity contribution in [2.75, 3.05) is 13.2 Å². The molecule has 0 heterocycles. The van der Waals surface area contributed by atoms with E-state index in [1.165, 1.54) is 225 Å². The minimum absolute atomic E-state index is 0.0624. The lowest BCUT2D eigenvalue weighted by atomic mass is 10.0. The Balaban J connectivity index is 4.28. The summed E-state index contributed by atoms with van der Waals surface area (Å²) in [5, 5.41) is 0. The smallest absolute Gasteiger partial charge is 0.306 e. The van der Waals surface area contributed by atoms with Crippen molar-refractivity contribution in [1.82, 2.24) is 0 Å². The molecule has 6 heteroatoms. The highest BCUT2D eigenvalue weighted by atomic mass is 16.6. The summed E-state index contributed by atoms with van der Waals surface area (Å²) in [4.78, 5) is 38.2. The monoisotopic (exact) mass is 933 g/mol. The number of ether oxygens (including phenoxy) is 3. The summed E-state index contributed by atoms with van der Waals surface area (Å²) in [6.45, 7) is 11.4. The van der Waals surface area contributed by atoms with E-state index in [1.54, 1.807) is 0 Å². The van der Waals surface area contributed by atoms with Crippen LogP contribution in [0.4, 0.5) is 0 Å². The number of carbonyl (C=O) groups is 3. The first-order valence-electron chi connectivity index (χ1n) is 29.7. The standard InChI is InChI=1S/C60H116O6/c1-6-7-8-9-10-11-12-13-19-25-30-35-40-45-50-58(61)64-53-57(66-60(63)52-47-42-37-32-27-22-21-24-29-34-39-44-49-56(4)5)54-65-59(62)51-46-41-36-31-26-20-17-15-14-16-18-23-28-33-38-43-48-55(2)3/h55-57H,6-54H2,1-5H3/t57-/m0/s1. The number of rotatable bonds is 54. The second-order valence-corrected chi connectivity index (χ2v) is 21.6. The molecular formula is C60H116O6. The predicted molar refractivity (Wildman–Crippen MR) is 284 cm³/mol. The van der Waals surface area contributed by atoms with Crippen molar-refractivity contribution in [3.63, 3.8) is 0 Å². The van der Waals surface area contributed by atoms with Gasteiger partial charge in [-0.05, 0) is 31.1 Å². The van der Waals surface area contributed by atoms with Crippen LogP contribution in [0.5, 0.6) is 0 Å². The summed E-state index contributed by atoms with van der Waals surface area (Å²) >= 11 is 0. The van der Waals surface area contributed by atoms with Crippen molar-refractivity contribution in [1.29, 1.82) is 0 Å². The number of esters is 3. The summed E-state index contributed by atoms with van der Waals surface area (Å²) < 4.78 is 16.9. The minimum atomic E-state index is -0.763. The van der Waals surface area contributed by atoms with E-state index in [-0.39, 0.29) is 31.1 Å². The Morgan fingerprint density at radius 1 is 0.288 bits per heavy atom. The molecule has 0 bridgehead atoms. The van der Waals surface area contributed by atoms with Gasteiger partial charge in [0.2, 0.25) is 0 Å². The van der Waals surface area contributed by atoms with Crippen LogP contribution in [0, 0.1) is 11.8 Å². The van der Waals surface area contributed by atoms with E-state index < -0.39 is 6.10 Å². The van der Waals surface area contributed by atoms with Crippen LogP contribution in [0.3, 0.4) is 0 Å². The second-order valence-electron chi connectivity index (χ2n) is 21.6. The first kappa shape index (κ1) is 64.4. The predicted octanol–water partition coefficient (Wildman–Crippen LogP) is 19.7. The van der Waals surface area contributed by atoms with Gasteiger partial charge in [-0.15, -0.1) is 0 Å². The van der Waals surface area contributed by atoms with Gasteiger partial charge in [-0.25, -0.2) is 0 Å². The van der Waals surface area contributed by atoms with Crippen LogP contribution in [-0.4, -0.2) is 37.2 Å². The first-order chi connectivity index (χ1) is 32.2. The van der Waals surface area contributed by atoms with Crippen molar-refractivity contribution in [2.24, 2.45) is 11.8 Å². The lowest BCUT2D eigenvalue weighted by Gasteiger charge is -2.18. The maximum atomic E-state index is 12.9. The number of hydrogen-bond acceptors (Lipinski definition) is 6. The topological polar surface area (TPSA) is 78.9 Å². The van der Waals surface area contributed by atoms with E-state index in [0.717, 1.165) is 69.6 Å². The van der Waals surface area contributed by atoms with E-state index in [4.69, 9.17) is 14.2 Å². The summed E-state index contributed by atoms with van der Waals surface area (Å²) in [5.74, 6) is 0.848. The summed E-state index contributed by atoms with van der Waals surface area (Å²) in [6, 6.07) is 0. The van der Waals surface area contributed by atoms with Crippen molar-refractivity contribution in [3.05, 3.63) is 0 Å². The molecule has 0 saturated carbocycles. The highest BCUT2D eigenvalue weighted by molar-refractivity contribution is 5.71. The summed E-state index contributed by atoms with van der Waals surface area (Å²) in [6.07, 6.45) is 56.6. The lowest BCUT2D eigenvalue weighted by Crippen LogP contribution is -2.30. The molecule has 0 fully saturated rings. The average molecular weight is 934 g/mol. The second kappa shape index (κ2) is 52.8. The zero-order valence-electron chi connectivity index (χ0n) is 45.3. The van der Waals surface area contributed by atoms with E-state index in [1.807, 2.05) is 0 Å². The Bertz CT molecular complexity index is 1010. The Kier molecular flexibility index (Phi) is 51.5. The first-order valence-corrected chi connectivity index (χ1v) is 29.7. The van der Waals surface area contributed by atoms with Gasteiger partial charge in [0, 0.05) is 19.3 Å². The fourth-order valence-electron chi connectivity index (χ4n) is 9.23. The molecule has 0 aliphatic rings. The lowest BCUT2D eigenvalue weighted by molar-refractivity contribution is -0.167. The number of unbranched alkanes of at least 4 members (excludes halogenated alkanes) is 39. The highest BCUT2D eigenvalue weighted by Crippen LogP contribution is 2.18. The molecule has 0 amide bonds. The van der Waals surface area contributed by atoms with Crippen LogP contribution in [0.1, 0.15) is 336 Å². The molecule has 0 radical (unpaired) electrons. The SMILES string of the molecule is CCCCCCCCCCCCCCCCC(=O)OC[C@@H](COC(=O)CCCCCCCCCCCCCCCCCCC(C)C)OC(=O)CCCCCCCCCCCCCCC(C)C. The van der Waals surface area contributed by atoms with Crippen molar-refractivity contribution < 1.29 is 28.6 Å². The zero-order chi connectivity index (χ0) is 48.2. The number of carbonyl (C=O) groups excluding carboxylic acids is 3. The van der Waals surface area contributed by atoms with Crippen molar-refractivity contribution in [2.45, 2.75) is 343 Å². The van der Waals surface area contributed by atoms with E-state index >= 15 is 0 Å². The van der Waals surface area contributed by atoms with E-state index in [2.05, 4.69) is 34.6 Å². The van der Waals surface area contributed by atoms with Crippen LogP contribution in [0.25, 0.3) is 0 Å². The van der Waals surface area contributed by atoms with E-state index in [9.17, 15) is 14.4 Å². The van der Waals surface area contributed by atoms with Gasteiger partial charge >= 0.3 is 17.9 Å². The van der Waals surface area contributed by atoms with Crippen LogP contribution in [-0.2, 0) is 28.6 Å². The quantitative estimate of drug-likeness (QED) is 0.0343. The molecule has 392 valence electrons. The summed E-state index contributed by atoms with van der Waals surface area (Å²) in [5.41, 5.74) is 0. The fourth-order valence-corrected chi connectivity index (χ4v) is 9.23. The molecular weight excluding hydrogens is 817 g/mol. The summed E-state index contributed by atoms with van der Waals surface area (Å²) in [7, 11) is 0. The van der Waals surface area contributed by atoms with E-state index in [0.29, 0.717) is 19.3 Å². The maximum Gasteiger partial charge on any atom is 0.306 e. The zero-order valence-corrected chi connectivity index (χ0v) is 45.3. The van der Waals surface area contributed by atoms with Gasteiger partial charge in [-0.1, -0.05) is 298 Å². The van der Waals surface area contributed by atoms with Crippen LogP contribution >= 0.6 is 0 Å². The van der Waals surface area contributed by atoms with Gasteiger partial charge in [-0.3, -0.25) is 14.4 Å². The molecule has 0 unspecified atom stereocenters. The Hall–Kier alpha value is -1.59. The Morgan fingerprint density at radius 2 is 0.500 bits per heavy atom. The molecule has 0 aromatic rings. The van der Waals surface area contributed by atoms with Gasteiger partial charge < -0.3 is 14.2 Å². The van der Waals surface area contributed by atoms with Crippen LogP contribution < -0.4 is 0 Å². The average Bonchev–Trinajstić information content (AvgIpc) is 3.29. The molecule has 0 aliphatic carbocycles. The third-order valence-corrected chi connectivity index (χ3v) is 13.7. The fraction of sp³-hybridized carbons (Fsp3) is 0.950. The molecule has 0 rings (SSSR count). The van der Waals surface area contributed by atoms with Gasteiger partial charge in [0.1, 0.15) is 13.2 Å². The third kappa shape index (κ3) is 53.4. The van der Waals surface area contributed by atoms with Crippen LogP contribution in [0.15, 0.2) is 0 Å². The van der Waals surface area contributed by atoms with Gasteiger partial charge in [0.05, 0.1) is 0 Å². The number of hydrogen-bond donors (Lipinski definition) is 0. The Labute approximate surface area is 412 Å². The normalized spacial score (nSPS) is 12.0. The molecule has 0 saturated heterocycles. The van der Waals surface area contributed by atoms with Gasteiger partial charge in [0.25, 0.3) is 0 Å². The molecule has 0 aliphatic heterocycles. The highest BCUT2D eigenvalue weighted by Gasteiger charge is 2.19. The molecule has 0 N–H and O–H groups in total. The molecule has 6 nitrogen and oxygen atoms in total. The Morgan fingerprint density at radius 3 is 0.742 bits per heavy atom. The van der Waals surface area contributed by atoms with Crippen molar-refractivity contribution in [3.8, 4) is 0 Å². The molecule has 0 aromatic heterocycles. The van der Waals surface area contributed by atoms with Crippen molar-refractivity contribution >= 4 is 17.9 Å².